The lowest BCUT2D eigenvalue weighted by atomic mass is 10.2. The van der Waals surface area contributed by atoms with Gasteiger partial charge in [0.2, 0.25) is 0 Å². The molecule has 2 atom stereocenters. The molecule has 2 aliphatic heterocycles. The number of nitrogens with zero attached hydrogens (tertiary/aromatic N) is 3. The summed E-state index contributed by atoms with van der Waals surface area (Å²) in [5.74, 6) is -1.00. The summed E-state index contributed by atoms with van der Waals surface area (Å²) >= 11 is 0. The van der Waals surface area contributed by atoms with Gasteiger partial charge in [0, 0.05) is 32.2 Å². The molecule has 0 aromatic carbocycles. The molecule has 7 heteroatoms. The largest absolute Gasteiger partial charge is 0.480 e. The highest BCUT2D eigenvalue weighted by Crippen LogP contribution is 2.15. The summed E-state index contributed by atoms with van der Waals surface area (Å²) in [5.41, 5.74) is 0. The van der Waals surface area contributed by atoms with Crippen molar-refractivity contribution in [3.8, 4) is 0 Å². The van der Waals surface area contributed by atoms with E-state index in [0.717, 1.165) is 13.1 Å². The lowest BCUT2D eigenvalue weighted by molar-refractivity contribution is -0.147. The second kappa shape index (κ2) is 6.41. The number of carbonyl (C=O) groups excluding carboxylic acids is 1. The molecule has 2 amide bonds. The van der Waals surface area contributed by atoms with Crippen LogP contribution in [0.3, 0.4) is 0 Å². The molecule has 2 fully saturated rings. The average molecular weight is 285 g/mol. The molecule has 0 radical (unpaired) electrons. The van der Waals surface area contributed by atoms with Crippen molar-refractivity contribution in [2.24, 2.45) is 0 Å². The van der Waals surface area contributed by atoms with Gasteiger partial charge in [-0.05, 0) is 13.5 Å². The summed E-state index contributed by atoms with van der Waals surface area (Å²) in [6.07, 6.45) is 0. The van der Waals surface area contributed by atoms with Gasteiger partial charge in [-0.15, -0.1) is 0 Å². The van der Waals surface area contributed by atoms with Gasteiger partial charge in [0.25, 0.3) is 0 Å². The standard InChI is InChI=1S/C13H23N3O4/c1-3-14-4-5-15(8-10(14)2)13(19)16-6-7-20-9-11(16)12(17)18/h10-11H,3-9H2,1-2H3,(H,17,18). The molecule has 0 aliphatic carbocycles. The number of rotatable bonds is 2. The van der Waals surface area contributed by atoms with Crippen molar-refractivity contribution in [1.29, 1.82) is 0 Å². The quantitative estimate of drug-likeness (QED) is 0.768. The first-order valence-electron chi connectivity index (χ1n) is 7.14. The maximum Gasteiger partial charge on any atom is 0.328 e. The van der Waals surface area contributed by atoms with E-state index in [0.29, 0.717) is 32.3 Å². The fourth-order valence-corrected chi connectivity index (χ4v) is 2.86. The highest BCUT2D eigenvalue weighted by molar-refractivity contribution is 5.83. The molecule has 2 rings (SSSR count). The number of hydrogen-bond acceptors (Lipinski definition) is 4. The zero-order chi connectivity index (χ0) is 14.7. The summed E-state index contributed by atoms with van der Waals surface area (Å²) < 4.78 is 5.17. The zero-order valence-electron chi connectivity index (χ0n) is 12.1. The Labute approximate surface area is 119 Å². The van der Waals surface area contributed by atoms with Crippen LogP contribution in [0.2, 0.25) is 0 Å². The van der Waals surface area contributed by atoms with Crippen molar-refractivity contribution in [3.05, 3.63) is 0 Å². The molecule has 0 aromatic heterocycles. The van der Waals surface area contributed by atoms with Crippen LogP contribution in [0, 0.1) is 0 Å². The van der Waals surface area contributed by atoms with E-state index in [1.165, 1.54) is 4.90 Å². The number of aliphatic carboxylic acids is 1. The second-order valence-corrected chi connectivity index (χ2v) is 5.33. The van der Waals surface area contributed by atoms with Crippen LogP contribution in [0.25, 0.3) is 0 Å². The summed E-state index contributed by atoms with van der Waals surface area (Å²) in [5, 5.41) is 9.19. The molecule has 2 heterocycles. The van der Waals surface area contributed by atoms with Gasteiger partial charge in [-0.25, -0.2) is 9.59 Å². The molecule has 114 valence electrons. The van der Waals surface area contributed by atoms with Crippen molar-refractivity contribution < 1.29 is 19.4 Å². The Balaban J connectivity index is 2.01. The SMILES string of the molecule is CCN1CCN(C(=O)N2CCOCC2C(=O)O)CC1C. The topological polar surface area (TPSA) is 73.3 Å². The van der Waals surface area contributed by atoms with Crippen LogP contribution in [0.4, 0.5) is 4.79 Å². The van der Waals surface area contributed by atoms with Gasteiger partial charge in [0.1, 0.15) is 0 Å². The van der Waals surface area contributed by atoms with E-state index in [-0.39, 0.29) is 12.6 Å². The lowest BCUT2D eigenvalue weighted by Crippen LogP contribution is -2.61. The number of likely N-dealkylation sites (N-methyl/N-ethyl adjacent to an activating group) is 1. The number of carboxylic acids is 1. The smallest absolute Gasteiger partial charge is 0.328 e. The summed E-state index contributed by atoms with van der Waals surface area (Å²) in [6.45, 7) is 8.14. The first-order chi connectivity index (χ1) is 9.54. The Morgan fingerprint density at radius 2 is 2.05 bits per heavy atom. The molecule has 0 aromatic rings. The van der Waals surface area contributed by atoms with Gasteiger partial charge in [0.05, 0.1) is 13.2 Å². The number of morpholine rings is 1. The van der Waals surface area contributed by atoms with Gasteiger partial charge in [-0.3, -0.25) is 4.90 Å². The highest BCUT2D eigenvalue weighted by atomic mass is 16.5. The van der Waals surface area contributed by atoms with Crippen LogP contribution in [-0.4, -0.2) is 89.8 Å². The predicted molar refractivity (Wildman–Crippen MR) is 72.6 cm³/mol. The summed E-state index contributed by atoms with van der Waals surface area (Å²) in [6, 6.07) is -0.735. The van der Waals surface area contributed by atoms with Crippen LogP contribution in [-0.2, 0) is 9.53 Å². The van der Waals surface area contributed by atoms with E-state index in [2.05, 4.69) is 18.7 Å². The van der Waals surface area contributed by atoms with Crippen LogP contribution in [0.1, 0.15) is 13.8 Å². The van der Waals surface area contributed by atoms with Crippen LogP contribution in [0.15, 0.2) is 0 Å². The average Bonchev–Trinajstić information content (AvgIpc) is 2.46. The normalized spacial score (nSPS) is 28.5. The molecular formula is C13H23N3O4. The molecule has 2 aliphatic rings. The molecule has 0 spiro atoms. The van der Waals surface area contributed by atoms with E-state index in [4.69, 9.17) is 4.74 Å². The Hall–Kier alpha value is -1.34. The number of urea groups is 1. The van der Waals surface area contributed by atoms with E-state index in [9.17, 15) is 14.7 Å². The maximum absolute atomic E-state index is 12.5. The highest BCUT2D eigenvalue weighted by Gasteiger charge is 2.36. The minimum absolute atomic E-state index is 0.0750. The van der Waals surface area contributed by atoms with Crippen LogP contribution < -0.4 is 0 Å². The fraction of sp³-hybridized carbons (Fsp3) is 0.846. The predicted octanol–water partition coefficient (Wildman–Crippen LogP) is -0.0822. The molecule has 2 saturated heterocycles. The fourth-order valence-electron chi connectivity index (χ4n) is 2.86. The van der Waals surface area contributed by atoms with E-state index < -0.39 is 12.0 Å². The minimum atomic E-state index is -1.00. The molecule has 20 heavy (non-hydrogen) atoms. The molecule has 7 nitrogen and oxygen atoms in total. The molecule has 0 bridgehead atoms. The minimum Gasteiger partial charge on any atom is -0.480 e. The maximum atomic E-state index is 12.5. The van der Waals surface area contributed by atoms with Crippen molar-refractivity contribution in [1.82, 2.24) is 14.7 Å². The second-order valence-electron chi connectivity index (χ2n) is 5.33. The van der Waals surface area contributed by atoms with E-state index in [1.54, 1.807) is 4.90 Å². The van der Waals surface area contributed by atoms with Gasteiger partial charge in [-0.1, -0.05) is 6.92 Å². The monoisotopic (exact) mass is 285 g/mol. The van der Waals surface area contributed by atoms with Gasteiger partial charge in [0.15, 0.2) is 6.04 Å². The Bertz CT molecular complexity index is 377. The van der Waals surface area contributed by atoms with Crippen LogP contribution in [0.5, 0.6) is 0 Å². The van der Waals surface area contributed by atoms with Gasteiger partial charge >= 0.3 is 12.0 Å². The number of ether oxygens (including phenoxy) is 1. The van der Waals surface area contributed by atoms with Crippen molar-refractivity contribution in [2.75, 3.05) is 45.9 Å². The Kier molecular flexibility index (Phi) is 4.82. The molecule has 2 unspecified atom stereocenters. The number of piperazine rings is 1. The number of hydrogen-bond donors (Lipinski definition) is 1. The summed E-state index contributed by atoms with van der Waals surface area (Å²) in [4.78, 5) is 29.2. The Morgan fingerprint density at radius 3 is 2.65 bits per heavy atom. The van der Waals surface area contributed by atoms with E-state index >= 15 is 0 Å². The van der Waals surface area contributed by atoms with Crippen molar-refractivity contribution in [3.63, 3.8) is 0 Å². The first-order valence-corrected chi connectivity index (χ1v) is 7.14. The number of amides is 2. The molecular weight excluding hydrogens is 262 g/mol. The first kappa shape index (κ1) is 15.1. The van der Waals surface area contributed by atoms with E-state index in [1.807, 2.05) is 0 Å². The number of carbonyl (C=O) groups is 2. The lowest BCUT2D eigenvalue weighted by Gasteiger charge is -2.43. The van der Waals surface area contributed by atoms with Crippen LogP contribution >= 0.6 is 0 Å². The third kappa shape index (κ3) is 3.04. The third-order valence-electron chi connectivity index (χ3n) is 4.10. The molecule has 1 N–H and O–H groups in total. The number of carboxylic acid groups (broad SMARTS) is 1. The van der Waals surface area contributed by atoms with Crippen molar-refractivity contribution in [2.45, 2.75) is 25.9 Å². The third-order valence-corrected chi connectivity index (χ3v) is 4.10. The Morgan fingerprint density at radius 1 is 1.30 bits per heavy atom. The van der Waals surface area contributed by atoms with Gasteiger partial charge in [-0.2, -0.15) is 0 Å². The molecule has 0 saturated carbocycles. The van der Waals surface area contributed by atoms with Crippen molar-refractivity contribution >= 4 is 12.0 Å². The zero-order valence-corrected chi connectivity index (χ0v) is 12.1. The summed E-state index contributed by atoms with van der Waals surface area (Å²) in [7, 11) is 0. The van der Waals surface area contributed by atoms with Gasteiger partial charge < -0.3 is 19.6 Å².